The van der Waals surface area contributed by atoms with Crippen LogP contribution in [0.4, 0.5) is 0 Å². The number of nitrogens with one attached hydrogen (secondary N) is 1. The highest BCUT2D eigenvalue weighted by Gasteiger charge is 2.20. The van der Waals surface area contributed by atoms with Crippen molar-refractivity contribution in [1.82, 2.24) is 15.1 Å². The van der Waals surface area contributed by atoms with Crippen molar-refractivity contribution in [3.8, 4) is 0 Å². The van der Waals surface area contributed by atoms with Gasteiger partial charge in [-0.2, -0.15) is 5.10 Å². The highest BCUT2D eigenvalue weighted by molar-refractivity contribution is 6.33. The predicted molar refractivity (Wildman–Crippen MR) is 106 cm³/mol. The summed E-state index contributed by atoms with van der Waals surface area (Å²) in [6.07, 6.45) is 0. The van der Waals surface area contributed by atoms with Gasteiger partial charge in [-0.05, 0) is 23.6 Å². The van der Waals surface area contributed by atoms with Crippen LogP contribution in [0.2, 0.25) is 5.15 Å². The van der Waals surface area contributed by atoms with Crippen molar-refractivity contribution in [2.45, 2.75) is 26.6 Å². The summed E-state index contributed by atoms with van der Waals surface area (Å²) in [7, 11) is 1.66. The van der Waals surface area contributed by atoms with E-state index >= 15 is 0 Å². The molecule has 0 bridgehead atoms. The van der Waals surface area contributed by atoms with Gasteiger partial charge in [0, 0.05) is 13.7 Å². The van der Waals surface area contributed by atoms with E-state index in [1.54, 1.807) is 18.7 Å². The molecule has 5 nitrogen and oxygen atoms in total. The first-order valence-corrected chi connectivity index (χ1v) is 9.08. The van der Waals surface area contributed by atoms with Crippen molar-refractivity contribution in [3.63, 3.8) is 0 Å². The molecule has 1 aromatic heterocycles. The maximum atomic E-state index is 12.7. The monoisotopic (exact) mass is 383 g/mol. The van der Waals surface area contributed by atoms with Gasteiger partial charge in [-0.1, -0.05) is 66.2 Å². The molecule has 0 unspecified atom stereocenters. The topological polar surface area (TPSA) is 56.1 Å². The third-order valence-corrected chi connectivity index (χ3v) is 4.61. The van der Waals surface area contributed by atoms with Crippen molar-refractivity contribution in [3.05, 3.63) is 87.7 Å². The first-order valence-electron chi connectivity index (χ1n) is 8.70. The summed E-state index contributed by atoms with van der Waals surface area (Å²) >= 11 is 6.45. The Hall–Kier alpha value is -2.63. The Balaban J connectivity index is 1.70. The molecule has 0 aliphatic carbocycles. The van der Waals surface area contributed by atoms with Gasteiger partial charge in [-0.25, -0.2) is 4.68 Å². The molecule has 0 radical (unpaired) electrons. The van der Waals surface area contributed by atoms with Crippen molar-refractivity contribution in [1.29, 1.82) is 0 Å². The smallest absolute Gasteiger partial charge is 0.256 e. The fourth-order valence-corrected chi connectivity index (χ4v) is 3.26. The molecule has 0 aliphatic heterocycles. The molecule has 0 saturated carbocycles. The molecule has 6 heteroatoms. The average Bonchev–Trinajstić information content (AvgIpc) is 2.94. The summed E-state index contributed by atoms with van der Waals surface area (Å²) in [4.78, 5) is 12.7. The minimum atomic E-state index is -0.228. The van der Waals surface area contributed by atoms with Gasteiger partial charge in [-0.15, -0.1) is 0 Å². The van der Waals surface area contributed by atoms with Gasteiger partial charge in [0.25, 0.3) is 5.91 Å². The lowest BCUT2D eigenvalue weighted by atomic mass is 10.1. The number of amides is 1. The van der Waals surface area contributed by atoms with Crippen molar-refractivity contribution < 1.29 is 9.53 Å². The van der Waals surface area contributed by atoms with Crippen LogP contribution in [0.25, 0.3) is 0 Å². The van der Waals surface area contributed by atoms with E-state index in [-0.39, 0.29) is 5.91 Å². The molecule has 140 valence electrons. The summed E-state index contributed by atoms with van der Waals surface area (Å²) in [5.41, 5.74) is 4.17. The van der Waals surface area contributed by atoms with Gasteiger partial charge in [0.1, 0.15) is 5.15 Å². The molecule has 1 heterocycles. The van der Waals surface area contributed by atoms with Crippen LogP contribution in [0.3, 0.4) is 0 Å². The van der Waals surface area contributed by atoms with E-state index in [1.165, 1.54) is 0 Å². The number of nitrogens with zero attached hydrogens (tertiary/aromatic N) is 2. The summed E-state index contributed by atoms with van der Waals surface area (Å²) in [6.45, 7) is 3.27. The molecule has 3 rings (SSSR count). The SMILES string of the molecule is COCc1cccc(CNC(=O)c2c(C)nn(Cc3ccccc3)c2Cl)c1. The zero-order valence-corrected chi connectivity index (χ0v) is 16.2. The second-order valence-electron chi connectivity index (χ2n) is 6.33. The molecule has 27 heavy (non-hydrogen) atoms. The van der Waals surface area contributed by atoms with Crippen LogP contribution in [-0.4, -0.2) is 22.8 Å². The fraction of sp³-hybridized carbons (Fsp3) is 0.238. The number of methoxy groups -OCH3 is 1. The largest absolute Gasteiger partial charge is 0.380 e. The van der Waals surface area contributed by atoms with Crippen LogP contribution < -0.4 is 5.32 Å². The number of ether oxygens (including phenoxy) is 1. The van der Waals surface area contributed by atoms with Gasteiger partial charge < -0.3 is 10.1 Å². The summed E-state index contributed by atoms with van der Waals surface area (Å²) in [5.74, 6) is -0.228. The second kappa shape index (κ2) is 8.84. The minimum Gasteiger partial charge on any atom is -0.380 e. The Bertz CT molecular complexity index is 922. The summed E-state index contributed by atoms with van der Waals surface area (Å²) in [6, 6.07) is 17.8. The number of aromatic nitrogens is 2. The number of carbonyl (C=O) groups excluding carboxylic acids is 1. The third-order valence-electron chi connectivity index (χ3n) is 4.22. The van der Waals surface area contributed by atoms with Crippen molar-refractivity contribution in [2.75, 3.05) is 7.11 Å². The molecule has 0 spiro atoms. The summed E-state index contributed by atoms with van der Waals surface area (Å²) < 4.78 is 6.80. The standard InChI is InChI=1S/C21H22ClN3O2/c1-15-19(20(22)25(24-15)13-16-7-4-3-5-8-16)21(26)23-12-17-9-6-10-18(11-17)14-27-2/h3-11H,12-14H2,1-2H3,(H,23,26). The normalized spacial score (nSPS) is 10.8. The van der Waals surface area contributed by atoms with Crippen LogP contribution in [0.5, 0.6) is 0 Å². The van der Waals surface area contributed by atoms with Crippen LogP contribution in [0, 0.1) is 6.92 Å². The van der Waals surface area contributed by atoms with E-state index < -0.39 is 0 Å². The maximum Gasteiger partial charge on any atom is 0.256 e. The van der Waals surface area contributed by atoms with Gasteiger partial charge in [-0.3, -0.25) is 4.79 Å². The minimum absolute atomic E-state index is 0.228. The Morgan fingerprint density at radius 3 is 2.56 bits per heavy atom. The third kappa shape index (κ3) is 4.76. The zero-order chi connectivity index (χ0) is 19.2. The lowest BCUT2D eigenvalue weighted by Gasteiger charge is -2.08. The van der Waals surface area contributed by atoms with Gasteiger partial charge in [0.15, 0.2) is 0 Å². The van der Waals surface area contributed by atoms with Gasteiger partial charge in [0.05, 0.1) is 24.4 Å². The molecule has 0 atom stereocenters. The van der Waals surface area contributed by atoms with Gasteiger partial charge in [0.2, 0.25) is 0 Å². The number of rotatable bonds is 7. The number of hydrogen-bond donors (Lipinski definition) is 1. The van der Waals surface area contributed by atoms with Crippen LogP contribution in [0.15, 0.2) is 54.6 Å². The maximum absolute atomic E-state index is 12.7. The number of aryl methyl sites for hydroxylation is 1. The first-order chi connectivity index (χ1) is 13.1. The number of carbonyl (C=O) groups is 1. The Labute approximate surface area is 163 Å². The molecular formula is C21H22ClN3O2. The molecule has 1 N–H and O–H groups in total. The molecule has 0 fully saturated rings. The summed E-state index contributed by atoms with van der Waals surface area (Å²) in [5, 5.41) is 7.70. The number of hydrogen-bond acceptors (Lipinski definition) is 3. The predicted octanol–water partition coefficient (Wildman–Crippen LogP) is 3.97. The van der Waals surface area contributed by atoms with Gasteiger partial charge >= 0.3 is 0 Å². The highest BCUT2D eigenvalue weighted by Crippen LogP contribution is 2.21. The van der Waals surface area contributed by atoms with E-state index in [2.05, 4.69) is 10.4 Å². The van der Waals surface area contributed by atoms with E-state index in [4.69, 9.17) is 16.3 Å². The second-order valence-corrected chi connectivity index (χ2v) is 6.69. The Kier molecular flexibility index (Phi) is 6.27. The van der Waals surface area contributed by atoms with Crippen LogP contribution in [-0.2, 0) is 24.4 Å². The highest BCUT2D eigenvalue weighted by atomic mass is 35.5. The average molecular weight is 384 g/mol. The Morgan fingerprint density at radius 2 is 1.81 bits per heavy atom. The molecule has 1 amide bonds. The molecule has 0 aliphatic rings. The van der Waals surface area contributed by atoms with E-state index in [9.17, 15) is 4.79 Å². The number of halogens is 1. The van der Waals surface area contributed by atoms with Crippen molar-refractivity contribution in [2.24, 2.45) is 0 Å². The lowest BCUT2D eigenvalue weighted by molar-refractivity contribution is 0.0950. The van der Waals surface area contributed by atoms with E-state index in [1.807, 2.05) is 54.6 Å². The first kappa shape index (κ1) is 19.1. The van der Waals surface area contributed by atoms with E-state index in [0.29, 0.717) is 36.1 Å². The zero-order valence-electron chi connectivity index (χ0n) is 15.4. The van der Waals surface area contributed by atoms with Crippen molar-refractivity contribution >= 4 is 17.5 Å². The molecule has 3 aromatic rings. The van der Waals surface area contributed by atoms with Crippen LogP contribution >= 0.6 is 11.6 Å². The van der Waals surface area contributed by atoms with Crippen LogP contribution in [0.1, 0.15) is 32.7 Å². The number of benzene rings is 2. The quantitative estimate of drug-likeness (QED) is 0.671. The molecule has 2 aromatic carbocycles. The Morgan fingerprint density at radius 1 is 1.11 bits per heavy atom. The lowest BCUT2D eigenvalue weighted by Crippen LogP contribution is -2.23. The molecular weight excluding hydrogens is 362 g/mol. The molecule has 0 saturated heterocycles. The van der Waals surface area contributed by atoms with E-state index in [0.717, 1.165) is 16.7 Å². The fourth-order valence-electron chi connectivity index (χ4n) is 2.94.